The van der Waals surface area contributed by atoms with E-state index in [2.05, 4.69) is 10.6 Å². The molecule has 1 aromatic rings. The molecule has 6 heteroatoms. The van der Waals surface area contributed by atoms with Crippen LogP contribution in [-0.2, 0) is 11.3 Å². The largest absolute Gasteiger partial charge is 0.493 e. The van der Waals surface area contributed by atoms with E-state index < -0.39 is 0 Å². The van der Waals surface area contributed by atoms with Gasteiger partial charge in [-0.1, -0.05) is 12.1 Å². The van der Waals surface area contributed by atoms with Gasteiger partial charge < -0.3 is 20.1 Å². The molecule has 0 aromatic heterocycles. The molecule has 0 aliphatic heterocycles. The van der Waals surface area contributed by atoms with Gasteiger partial charge in [0.05, 0.1) is 20.8 Å². The van der Waals surface area contributed by atoms with E-state index in [1.807, 2.05) is 18.2 Å². The number of rotatable bonds is 6. The van der Waals surface area contributed by atoms with Crippen molar-refractivity contribution >= 4 is 18.3 Å². The number of nitrogens with one attached hydrogen (secondary N) is 2. The topological polar surface area (TPSA) is 59.6 Å². The number of ether oxygens (including phenoxy) is 2. The van der Waals surface area contributed by atoms with Gasteiger partial charge in [-0.3, -0.25) is 4.79 Å². The Morgan fingerprint density at radius 1 is 1.28 bits per heavy atom. The number of carbonyl (C=O) groups excluding carboxylic acids is 1. The normalized spacial score (nSPS) is 9.28. The van der Waals surface area contributed by atoms with Gasteiger partial charge in [0.15, 0.2) is 11.5 Å². The first-order valence-electron chi connectivity index (χ1n) is 5.34. The van der Waals surface area contributed by atoms with Crippen LogP contribution in [0, 0.1) is 0 Å². The van der Waals surface area contributed by atoms with Crippen molar-refractivity contribution in [1.82, 2.24) is 10.6 Å². The SMILES string of the molecule is CNCC(=O)NCc1cccc(OC)c1OC.Cl. The first-order valence-corrected chi connectivity index (χ1v) is 5.34. The fourth-order valence-electron chi connectivity index (χ4n) is 1.51. The van der Waals surface area contributed by atoms with Gasteiger partial charge in [0.1, 0.15) is 0 Å². The maximum atomic E-state index is 11.3. The quantitative estimate of drug-likeness (QED) is 0.811. The molecule has 1 amide bonds. The summed E-state index contributed by atoms with van der Waals surface area (Å²) in [5.74, 6) is 1.25. The molecule has 0 radical (unpaired) electrons. The number of amides is 1. The van der Waals surface area contributed by atoms with Gasteiger partial charge >= 0.3 is 0 Å². The Morgan fingerprint density at radius 3 is 2.56 bits per heavy atom. The summed E-state index contributed by atoms with van der Waals surface area (Å²) in [5.41, 5.74) is 0.885. The molecule has 102 valence electrons. The Labute approximate surface area is 113 Å². The van der Waals surface area contributed by atoms with Crippen molar-refractivity contribution in [3.05, 3.63) is 23.8 Å². The minimum atomic E-state index is -0.0580. The van der Waals surface area contributed by atoms with E-state index in [0.717, 1.165) is 5.56 Å². The van der Waals surface area contributed by atoms with Gasteiger partial charge in [0.2, 0.25) is 5.91 Å². The smallest absolute Gasteiger partial charge is 0.234 e. The molecule has 0 spiro atoms. The molecule has 0 fully saturated rings. The fourth-order valence-corrected chi connectivity index (χ4v) is 1.51. The maximum Gasteiger partial charge on any atom is 0.234 e. The van der Waals surface area contributed by atoms with Crippen LogP contribution < -0.4 is 20.1 Å². The standard InChI is InChI=1S/C12H18N2O3.ClH/c1-13-8-11(15)14-7-9-5-4-6-10(16-2)12(9)17-3;/h4-6,13H,7-8H2,1-3H3,(H,14,15);1H. The molecule has 0 saturated heterocycles. The lowest BCUT2D eigenvalue weighted by atomic mass is 10.2. The predicted molar refractivity (Wildman–Crippen MR) is 72.6 cm³/mol. The molecule has 0 unspecified atom stereocenters. The van der Waals surface area contributed by atoms with Crippen LogP contribution in [0.3, 0.4) is 0 Å². The second-order valence-electron chi connectivity index (χ2n) is 3.46. The summed E-state index contributed by atoms with van der Waals surface area (Å²) in [6, 6.07) is 5.57. The molecule has 0 heterocycles. The lowest BCUT2D eigenvalue weighted by Gasteiger charge is -2.13. The molecule has 1 aromatic carbocycles. The van der Waals surface area contributed by atoms with E-state index in [0.29, 0.717) is 24.6 Å². The molecule has 0 bridgehead atoms. The molecule has 1 rings (SSSR count). The van der Waals surface area contributed by atoms with Crippen LogP contribution in [0.1, 0.15) is 5.56 Å². The van der Waals surface area contributed by atoms with Crippen LogP contribution in [0.25, 0.3) is 0 Å². The van der Waals surface area contributed by atoms with Crippen molar-refractivity contribution in [2.75, 3.05) is 27.8 Å². The second-order valence-corrected chi connectivity index (χ2v) is 3.46. The highest BCUT2D eigenvalue weighted by atomic mass is 35.5. The molecule has 0 saturated carbocycles. The van der Waals surface area contributed by atoms with Crippen LogP contribution in [0.4, 0.5) is 0 Å². The molecule has 0 aliphatic rings. The summed E-state index contributed by atoms with van der Waals surface area (Å²) in [5, 5.41) is 5.58. The van der Waals surface area contributed by atoms with Gasteiger partial charge in [0.25, 0.3) is 0 Å². The van der Waals surface area contributed by atoms with Crippen molar-refractivity contribution in [3.8, 4) is 11.5 Å². The lowest BCUT2D eigenvalue weighted by molar-refractivity contribution is -0.120. The van der Waals surface area contributed by atoms with E-state index in [4.69, 9.17) is 9.47 Å². The number of hydrogen-bond donors (Lipinski definition) is 2. The van der Waals surface area contributed by atoms with E-state index in [1.54, 1.807) is 21.3 Å². The van der Waals surface area contributed by atoms with Crippen molar-refractivity contribution in [1.29, 1.82) is 0 Å². The average Bonchev–Trinajstić information content (AvgIpc) is 2.36. The molecule has 0 aliphatic carbocycles. The van der Waals surface area contributed by atoms with Crippen LogP contribution in [0.15, 0.2) is 18.2 Å². The highest BCUT2D eigenvalue weighted by molar-refractivity contribution is 5.85. The molecule has 0 atom stereocenters. The zero-order valence-corrected chi connectivity index (χ0v) is 11.6. The van der Waals surface area contributed by atoms with E-state index in [9.17, 15) is 4.79 Å². The van der Waals surface area contributed by atoms with Crippen LogP contribution >= 0.6 is 12.4 Å². The third-order valence-corrected chi connectivity index (χ3v) is 2.30. The number of para-hydroxylation sites is 1. The van der Waals surface area contributed by atoms with Gasteiger partial charge in [-0.2, -0.15) is 0 Å². The number of halogens is 1. The Balaban J connectivity index is 0.00000289. The van der Waals surface area contributed by atoms with Crippen LogP contribution in [0.2, 0.25) is 0 Å². The van der Waals surface area contributed by atoms with Crippen molar-refractivity contribution in [3.63, 3.8) is 0 Å². The first kappa shape index (κ1) is 16.5. The molecule has 2 N–H and O–H groups in total. The monoisotopic (exact) mass is 274 g/mol. The number of carbonyl (C=O) groups is 1. The zero-order valence-electron chi connectivity index (χ0n) is 10.8. The second kappa shape index (κ2) is 8.60. The van der Waals surface area contributed by atoms with Gasteiger partial charge in [-0.25, -0.2) is 0 Å². The van der Waals surface area contributed by atoms with E-state index in [-0.39, 0.29) is 18.3 Å². The Kier molecular flexibility index (Phi) is 7.91. The minimum absolute atomic E-state index is 0. The highest BCUT2D eigenvalue weighted by Crippen LogP contribution is 2.30. The van der Waals surface area contributed by atoms with Crippen molar-refractivity contribution in [2.45, 2.75) is 6.54 Å². The summed E-state index contributed by atoms with van der Waals surface area (Å²) in [7, 11) is 4.89. The first-order chi connectivity index (χ1) is 8.22. The van der Waals surface area contributed by atoms with E-state index in [1.165, 1.54) is 0 Å². The van der Waals surface area contributed by atoms with Gasteiger partial charge in [0, 0.05) is 12.1 Å². The van der Waals surface area contributed by atoms with E-state index >= 15 is 0 Å². The highest BCUT2D eigenvalue weighted by Gasteiger charge is 2.09. The summed E-state index contributed by atoms with van der Waals surface area (Å²) >= 11 is 0. The molecular formula is C12H19ClN2O3. The Morgan fingerprint density at radius 2 is 2.00 bits per heavy atom. The summed E-state index contributed by atoms with van der Waals surface area (Å²) in [6.45, 7) is 0.715. The van der Waals surface area contributed by atoms with Gasteiger partial charge in [-0.05, 0) is 13.1 Å². The maximum absolute atomic E-state index is 11.3. The van der Waals surface area contributed by atoms with Crippen molar-refractivity contribution < 1.29 is 14.3 Å². The molecular weight excluding hydrogens is 256 g/mol. The number of methoxy groups -OCH3 is 2. The average molecular weight is 275 g/mol. The summed E-state index contributed by atoms with van der Waals surface area (Å²) < 4.78 is 10.4. The molecule has 5 nitrogen and oxygen atoms in total. The summed E-state index contributed by atoms with van der Waals surface area (Å²) in [6.07, 6.45) is 0. The lowest BCUT2D eigenvalue weighted by Crippen LogP contribution is -2.31. The van der Waals surface area contributed by atoms with Crippen LogP contribution in [-0.4, -0.2) is 33.7 Å². The van der Waals surface area contributed by atoms with Crippen molar-refractivity contribution in [2.24, 2.45) is 0 Å². The third-order valence-electron chi connectivity index (χ3n) is 2.30. The predicted octanol–water partition coefficient (Wildman–Crippen LogP) is 0.961. The fraction of sp³-hybridized carbons (Fsp3) is 0.417. The Hall–Kier alpha value is -1.46. The number of hydrogen-bond acceptors (Lipinski definition) is 4. The number of likely N-dealkylation sites (N-methyl/N-ethyl adjacent to an activating group) is 1. The molecule has 18 heavy (non-hydrogen) atoms. The minimum Gasteiger partial charge on any atom is -0.493 e. The van der Waals surface area contributed by atoms with Crippen LogP contribution in [0.5, 0.6) is 11.5 Å². The Bertz CT molecular complexity index is 386. The summed E-state index contributed by atoms with van der Waals surface area (Å²) in [4.78, 5) is 11.3. The third kappa shape index (κ3) is 4.43. The zero-order chi connectivity index (χ0) is 12.7. The van der Waals surface area contributed by atoms with Gasteiger partial charge in [-0.15, -0.1) is 12.4 Å². The number of benzene rings is 1.